The number of amides is 1. The second-order valence-corrected chi connectivity index (χ2v) is 5.69. The summed E-state index contributed by atoms with van der Waals surface area (Å²) in [6.07, 6.45) is 2.57. The number of hydrogen-bond donors (Lipinski definition) is 2. The molecule has 1 fully saturated rings. The first kappa shape index (κ1) is 14.2. The highest BCUT2D eigenvalue weighted by Gasteiger charge is 2.27. The van der Waals surface area contributed by atoms with Crippen LogP contribution in [0.2, 0.25) is 5.02 Å². The van der Waals surface area contributed by atoms with Gasteiger partial charge in [-0.1, -0.05) is 11.6 Å². The molecular weight excluding hydrogens is 262 g/mol. The third-order valence-corrected chi connectivity index (χ3v) is 3.89. The van der Waals surface area contributed by atoms with Gasteiger partial charge in [0.15, 0.2) is 0 Å². The van der Waals surface area contributed by atoms with E-state index in [1.807, 2.05) is 14.0 Å². The van der Waals surface area contributed by atoms with Gasteiger partial charge in [0, 0.05) is 12.2 Å². The molecule has 1 unspecified atom stereocenters. The Hall–Kier alpha value is -1.26. The number of nitrogens with two attached hydrogens (primary N) is 1. The number of carbonyl (C=O) groups excluding carboxylic acids is 1. The number of nitrogen functional groups attached to an aromatic ring is 1. The number of halogens is 1. The monoisotopic (exact) mass is 281 g/mol. The zero-order valence-corrected chi connectivity index (χ0v) is 12.1. The van der Waals surface area contributed by atoms with E-state index < -0.39 is 0 Å². The van der Waals surface area contributed by atoms with Crippen LogP contribution in [0.5, 0.6) is 0 Å². The van der Waals surface area contributed by atoms with Crippen LogP contribution in [0.4, 0.5) is 11.4 Å². The molecule has 0 bridgehead atoms. The number of hydrogen-bond acceptors (Lipinski definition) is 3. The van der Waals surface area contributed by atoms with Crippen LogP contribution < -0.4 is 11.1 Å². The van der Waals surface area contributed by atoms with Crippen LogP contribution in [0.15, 0.2) is 18.2 Å². The lowest BCUT2D eigenvalue weighted by Crippen LogP contribution is -2.40. The molecule has 1 aliphatic carbocycles. The lowest BCUT2D eigenvalue weighted by atomic mass is 10.2. The SMILES string of the molecule is CC(C(=O)Nc1ccc(Cl)c(N)c1)N(C)CC1CC1. The largest absolute Gasteiger partial charge is 0.397 e. The second kappa shape index (κ2) is 5.80. The van der Waals surface area contributed by atoms with Crippen molar-refractivity contribution in [3.05, 3.63) is 23.2 Å². The van der Waals surface area contributed by atoms with Gasteiger partial charge in [0.1, 0.15) is 0 Å². The van der Waals surface area contributed by atoms with E-state index in [4.69, 9.17) is 17.3 Å². The van der Waals surface area contributed by atoms with Crippen molar-refractivity contribution < 1.29 is 4.79 Å². The lowest BCUT2D eigenvalue weighted by molar-refractivity contribution is -0.120. The van der Waals surface area contributed by atoms with Gasteiger partial charge in [-0.05, 0) is 50.9 Å². The number of carbonyl (C=O) groups is 1. The third-order valence-electron chi connectivity index (χ3n) is 3.55. The van der Waals surface area contributed by atoms with E-state index in [0.717, 1.165) is 12.5 Å². The van der Waals surface area contributed by atoms with Gasteiger partial charge in [-0.2, -0.15) is 0 Å². The Bertz CT molecular complexity index is 474. The van der Waals surface area contributed by atoms with Gasteiger partial charge in [-0.3, -0.25) is 9.69 Å². The maximum absolute atomic E-state index is 12.1. The van der Waals surface area contributed by atoms with Gasteiger partial charge in [0.2, 0.25) is 5.91 Å². The molecule has 5 heteroatoms. The van der Waals surface area contributed by atoms with Gasteiger partial charge in [-0.15, -0.1) is 0 Å². The van der Waals surface area contributed by atoms with Gasteiger partial charge < -0.3 is 11.1 Å². The average molecular weight is 282 g/mol. The molecule has 0 heterocycles. The van der Waals surface area contributed by atoms with Crippen LogP contribution in [-0.4, -0.2) is 30.4 Å². The van der Waals surface area contributed by atoms with Gasteiger partial charge in [0.05, 0.1) is 16.8 Å². The highest BCUT2D eigenvalue weighted by molar-refractivity contribution is 6.33. The first-order valence-corrected chi connectivity index (χ1v) is 6.91. The number of nitrogens with zero attached hydrogens (tertiary/aromatic N) is 1. The molecule has 0 radical (unpaired) electrons. The quantitative estimate of drug-likeness (QED) is 0.816. The summed E-state index contributed by atoms with van der Waals surface area (Å²) in [5.74, 6) is 0.747. The van der Waals surface area contributed by atoms with Crippen molar-refractivity contribution >= 4 is 28.9 Å². The molecule has 4 nitrogen and oxygen atoms in total. The summed E-state index contributed by atoms with van der Waals surface area (Å²) in [7, 11) is 1.98. The molecule has 1 aliphatic rings. The molecule has 2 rings (SSSR count). The smallest absolute Gasteiger partial charge is 0.241 e. The highest BCUT2D eigenvalue weighted by atomic mass is 35.5. The van der Waals surface area contributed by atoms with Crippen LogP contribution in [0.1, 0.15) is 19.8 Å². The Balaban J connectivity index is 1.93. The molecule has 1 amide bonds. The van der Waals surface area contributed by atoms with E-state index in [1.165, 1.54) is 12.8 Å². The van der Waals surface area contributed by atoms with Crippen LogP contribution >= 0.6 is 11.6 Å². The molecule has 0 aliphatic heterocycles. The number of rotatable bonds is 5. The van der Waals surface area contributed by atoms with E-state index in [0.29, 0.717) is 16.4 Å². The standard InChI is InChI=1S/C14H20ClN3O/c1-9(18(2)8-10-3-4-10)14(19)17-11-5-6-12(15)13(16)7-11/h5-7,9-10H,3-4,8,16H2,1-2H3,(H,17,19). The molecule has 0 spiro atoms. The van der Waals surface area contributed by atoms with Crippen LogP contribution in [0.3, 0.4) is 0 Å². The molecule has 0 aromatic heterocycles. The summed E-state index contributed by atoms with van der Waals surface area (Å²) in [6, 6.07) is 4.96. The first-order valence-electron chi connectivity index (χ1n) is 6.53. The number of anilines is 2. The molecule has 1 atom stereocenters. The summed E-state index contributed by atoms with van der Waals surface area (Å²) >= 11 is 5.85. The van der Waals surface area contributed by atoms with Crippen molar-refractivity contribution in [1.82, 2.24) is 4.90 Å². The Morgan fingerprint density at radius 2 is 2.26 bits per heavy atom. The van der Waals surface area contributed by atoms with E-state index >= 15 is 0 Å². The van der Waals surface area contributed by atoms with Crippen molar-refractivity contribution in [2.24, 2.45) is 5.92 Å². The van der Waals surface area contributed by atoms with E-state index in [-0.39, 0.29) is 11.9 Å². The van der Waals surface area contributed by atoms with Crippen molar-refractivity contribution in [1.29, 1.82) is 0 Å². The fourth-order valence-corrected chi connectivity index (χ4v) is 2.05. The van der Waals surface area contributed by atoms with Gasteiger partial charge in [-0.25, -0.2) is 0 Å². The van der Waals surface area contributed by atoms with Crippen LogP contribution in [0, 0.1) is 5.92 Å². The molecule has 1 saturated carbocycles. The molecular formula is C14H20ClN3O. The Kier molecular flexibility index (Phi) is 4.32. The zero-order valence-electron chi connectivity index (χ0n) is 11.3. The second-order valence-electron chi connectivity index (χ2n) is 5.28. The van der Waals surface area contributed by atoms with Crippen LogP contribution in [-0.2, 0) is 4.79 Å². The minimum absolute atomic E-state index is 0.0233. The van der Waals surface area contributed by atoms with E-state index in [2.05, 4.69) is 10.2 Å². The molecule has 3 N–H and O–H groups in total. The fraction of sp³-hybridized carbons (Fsp3) is 0.500. The summed E-state index contributed by atoms with van der Waals surface area (Å²) in [5.41, 5.74) is 6.86. The predicted octanol–water partition coefficient (Wildman–Crippen LogP) is 2.59. The van der Waals surface area contributed by atoms with Gasteiger partial charge >= 0.3 is 0 Å². The summed E-state index contributed by atoms with van der Waals surface area (Å²) in [5, 5.41) is 3.36. The topological polar surface area (TPSA) is 58.4 Å². The fourth-order valence-electron chi connectivity index (χ4n) is 1.93. The van der Waals surface area contributed by atoms with Crippen molar-refractivity contribution in [2.45, 2.75) is 25.8 Å². The minimum Gasteiger partial charge on any atom is -0.397 e. The normalized spacial score (nSPS) is 16.4. The van der Waals surface area contributed by atoms with Crippen molar-refractivity contribution in [2.75, 3.05) is 24.6 Å². The predicted molar refractivity (Wildman–Crippen MR) is 79.3 cm³/mol. The number of benzene rings is 1. The van der Waals surface area contributed by atoms with E-state index in [9.17, 15) is 4.79 Å². The average Bonchev–Trinajstić information content (AvgIpc) is 3.16. The Morgan fingerprint density at radius 1 is 1.58 bits per heavy atom. The van der Waals surface area contributed by atoms with Crippen molar-refractivity contribution in [3.8, 4) is 0 Å². The van der Waals surface area contributed by atoms with E-state index in [1.54, 1.807) is 18.2 Å². The Morgan fingerprint density at radius 3 is 2.84 bits per heavy atom. The molecule has 0 saturated heterocycles. The zero-order chi connectivity index (χ0) is 14.0. The number of nitrogens with one attached hydrogen (secondary N) is 1. The molecule has 19 heavy (non-hydrogen) atoms. The molecule has 1 aromatic rings. The maximum Gasteiger partial charge on any atom is 0.241 e. The van der Waals surface area contributed by atoms with Crippen molar-refractivity contribution in [3.63, 3.8) is 0 Å². The summed E-state index contributed by atoms with van der Waals surface area (Å²) < 4.78 is 0. The molecule has 104 valence electrons. The lowest BCUT2D eigenvalue weighted by Gasteiger charge is -2.23. The number of likely N-dealkylation sites (N-methyl/N-ethyl adjacent to an activating group) is 1. The third kappa shape index (κ3) is 3.85. The summed E-state index contributed by atoms with van der Waals surface area (Å²) in [4.78, 5) is 14.2. The molecule has 1 aromatic carbocycles. The maximum atomic E-state index is 12.1. The van der Waals surface area contributed by atoms with Gasteiger partial charge in [0.25, 0.3) is 0 Å². The highest BCUT2D eigenvalue weighted by Crippen LogP contribution is 2.30. The Labute approximate surface area is 118 Å². The van der Waals surface area contributed by atoms with Crippen LogP contribution in [0.25, 0.3) is 0 Å². The first-order chi connectivity index (χ1) is 8.97. The minimum atomic E-state index is -0.155. The summed E-state index contributed by atoms with van der Waals surface area (Å²) in [6.45, 7) is 2.90.